The van der Waals surface area contributed by atoms with E-state index >= 15 is 0 Å². The summed E-state index contributed by atoms with van der Waals surface area (Å²) in [5.74, 6) is -4.09. The van der Waals surface area contributed by atoms with Crippen LogP contribution >= 0.6 is 0 Å². The number of halogens is 3. The minimum Gasteiger partial charge on any atom is -0.306 e. The summed E-state index contributed by atoms with van der Waals surface area (Å²) in [6.07, 6.45) is 2.16. The Morgan fingerprint density at radius 2 is 1.79 bits per heavy atom. The average Bonchev–Trinajstić information content (AvgIpc) is 2.84. The Labute approximate surface area is 106 Å². The molecule has 1 N–H and O–H groups in total. The van der Waals surface area contributed by atoms with Crippen LogP contribution in [0.4, 0.5) is 13.2 Å². The summed E-state index contributed by atoms with van der Waals surface area (Å²) >= 11 is 0. The van der Waals surface area contributed by atoms with Gasteiger partial charge in [-0.15, -0.1) is 0 Å². The molecule has 3 nitrogen and oxygen atoms in total. The number of nitrogens with zero attached hydrogens (tertiary/aromatic N) is 1. The zero-order valence-corrected chi connectivity index (χ0v) is 9.77. The van der Waals surface area contributed by atoms with Crippen molar-refractivity contribution in [3.8, 4) is 11.4 Å². The van der Waals surface area contributed by atoms with Gasteiger partial charge in [0.15, 0.2) is 17.5 Å². The fourth-order valence-electron chi connectivity index (χ4n) is 2.27. The van der Waals surface area contributed by atoms with Crippen molar-refractivity contribution in [2.45, 2.75) is 19.3 Å². The van der Waals surface area contributed by atoms with Crippen molar-refractivity contribution in [1.29, 1.82) is 0 Å². The van der Waals surface area contributed by atoms with Crippen LogP contribution in [0.25, 0.3) is 11.4 Å². The second kappa shape index (κ2) is 4.22. The third-order valence-electron chi connectivity index (χ3n) is 3.20. The van der Waals surface area contributed by atoms with Crippen LogP contribution in [0.15, 0.2) is 16.9 Å². The maximum atomic E-state index is 13.2. The Morgan fingerprint density at radius 1 is 1.11 bits per heavy atom. The summed E-state index contributed by atoms with van der Waals surface area (Å²) in [6, 6.07) is 1.63. The molecule has 0 saturated carbocycles. The highest BCUT2D eigenvalue weighted by Crippen LogP contribution is 2.23. The molecule has 0 amide bonds. The van der Waals surface area contributed by atoms with Crippen LogP contribution in [0.5, 0.6) is 0 Å². The highest BCUT2D eigenvalue weighted by atomic mass is 19.2. The Balaban J connectivity index is 2.18. The summed E-state index contributed by atoms with van der Waals surface area (Å²) < 4.78 is 39.2. The van der Waals surface area contributed by atoms with E-state index in [1.807, 2.05) is 0 Å². The number of benzene rings is 1. The molecule has 0 bridgehead atoms. The predicted octanol–water partition coefficient (Wildman–Crippen LogP) is 2.34. The first-order chi connectivity index (χ1) is 9.06. The van der Waals surface area contributed by atoms with Crippen molar-refractivity contribution >= 4 is 0 Å². The summed E-state index contributed by atoms with van der Waals surface area (Å²) in [5.41, 5.74) is 0.974. The van der Waals surface area contributed by atoms with Crippen molar-refractivity contribution in [1.82, 2.24) is 9.97 Å². The molecule has 0 radical (unpaired) electrons. The zero-order chi connectivity index (χ0) is 13.6. The van der Waals surface area contributed by atoms with Gasteiger partial charge in [-0.2, -0.15) is 0 Å². The van der Waals surface area contributed by atoms with E-state index in [2.05, 4.69) is 9.97 Å². The van der Waals surface area contributed by atoms with E-state index in [1.54, 1.807) is 0 Å². The van der Waals surface area contributed by atoms with Crippen LogP contribution in [0.1, 0.15) is 17.7 Å². The van der Waals surface area contributed by atoms with Crippen LogP contribution < -0.4 is 5.56 Å². The Bertz CT molecular complexity index is 701. The monoisotopic (exact) mass is 266 g/mol. The molecule has 3 rings (SSSR count). The minimum absolute atomic E-state index is 0.0169. The largest absolute Gasteiger partial charge is 0.306 e. The highest BCUT2D eigenvalue weighted by Gasteiger charge is 2.19. The van der Waals surface area contributed by atoms with Crippen LogP contribution in [0.3, 0.4) is 0 Å². The van der Waals surface area contributed by atoms with Crippen molar-refractivity contribution in [3.63, 3.8) is 0 Å². The molecule has 19 heavy (non-hydrogen) atoms. The number of aromatic nitrogens is 2. The first-order valence-corrected chi connectivity index (χ1v) is 5.83. The third-order valence-corrected chi connectivity index (χ3v) is 3.20. The van der Waals surface area contributed by atoms with Crippen LogP contribution in [-0.4, -0.2) is 9.97 Å². The van der Waals surface area contributed by atoms with E-state index in [0.29, 0.717) is 24.1 Å². The smallest absolute Gasteiger partial charge is 0.254 e. The predicted molar refractivity (Wildman–Crippen MR) is 62.2 cm³/mol. The minimum atomic E-state index is -1.53. The lowest BCUT2D eigenvalue weighted by Crippen LogP contribution is -2.15. The van der Waals surface area contributed by atoms with E-state index in [-0.39, 0.29) is 16.9 Å². The van der Waals surface area contributed by atoms with Gasteiger partial charge in [-0.25, -0.2) is 18.2 Å². The Kier molecular flexibility index (Phi) is 2.66. The Hall–Kier alpha value is -2.11. The molecular weight excluding hydrogens is 257 g/mol. The van der Waals surface area contributed by atoms with E-state index in [0.717, 1.165) is 18.6 Å². The van der Waals surface area contributed by atoms with Crippen LogP contribution in [0.2, 0.25) is 0 Å². The molecule has 1 aliphatic carbocycles. The third kappa shape index (κ3) is 1.93. The molecule has 0 atom stereocenters. The molecule has 0 aliphatic heterocycles. The Morgan fingerprint density at radius 3 is 2.47 bits per heavy atom. The average molecular weight is 266 g/mol. The number of hydrogen-bond acceptors (Lipinski definition) is 2. The van der Waals surface area contributed by atoms with E-state index < -0.39 is 17.5 Å². The summed E-state index contributed by atoms with van der Waals surface area (Å²) in [4.78, 5) is 18.4. The lowest BCUT2D eigenvalue weighted by molar-refractivity contribution is 0.447. The number of H-pyrrole nitrogens is 1. The maximum absolute atomic E-state index is 13.2. The van der Waals surface area contributed by atoms with E-state index in [9.17, 15) is 18.0 Å². The number of nitrogens with one attached hydrogen (secondary N) is 1. The molecule has 1 aromatic carbocycles. The van der Waals surface area contributed by atoms with Crippen LogP contribution in [-0.2, 0) is 12.8 Å². The van der Waals surface area contributed by atoms with Gasteiger partial charge in [0.2, 0.25) is 0 Å². The highest BCUT2D eigenvalue weighted by molar-refractivity contribution is 5.55. The molecule has 1 heterocycles. The second-order valence-corrected chi connectivity index (χ2v) is 4.45. The van der Waals surface area contributed by atoms with Gasteiger partial charge in [0.1, 0.15) is 5.82 Å². The molecule has 6 heteroatoms. The SMILES string of the molecule is O=c1[nH]c(-c2cc(F)c(F)c(F)c2)nc2c1CCC2. The molecular formula is C13H9F3N2O. The normalized spacial score (nSPS) is 13.6. The molecule has 1 aromatic heterocycles. The van der Waals surface area contributed by atoms with Gasteiger partial charge in [0, 0.05) is 11.1 Å². The lowest BCUT2D eigenvalue weighted by Gasteiger charge is -2.05. The quantitative estimate of drug-likeness (QED) is 0.805. The molecule has 0 spiro atoms. The van der Waals surface area contributed by atoms with Crippen molar-refractivity contribution in [2.75, 3.05) is 0 Å². The van der Waals surface area contributed by atoms with Gasteiger partial charge in [-0.3, -0.25) is 4.79 Å². The maximum Gasteiger partial charge on any atom is 0.254 e. The zero-order valence-electron chi connectivity index (χ0n) is 9.77. The standard InChI is InChI=1S/C13H9F3N2O/c14-8-4-6(5-9(15)11(8)16)12-17-10-3-1-2-7(10)13(19)18-12/h4-5H,1-3H2,(H,17,18,19). The fourth-order valence-corrected chi connectivity index (χ4v) is 2.27. The first kappa shape index (κ1) is 12.0. The van der Waals surface area contributed by atoms with Gasteiger partial charge in [0.05, 0.1) is 5.69 Å². The molecule has 98 valence electrons. The van der Waals surface area contributed by atoms with Gasteiger partial charge in [-0.05, 0) is 31.4 Å². The van der Waals surface area contributed by atoms with Gasteiger partial charge in [-0.1, -0.05) is 0 Å². The van der Waals surface area contributed by atoms with Crippen molar-refractivity contribution < 1.29 is 13.2 Å². The summed E-state index contributed by atoms with van der Waals surface area (Å²) in [6.45, 7) is 0. The van der Waals surface area contributed by atoms with Gasteiger partial charge >= 0.3 is 0 Å². The number of aromatic amines is 1. The van der Waals surface area contributed by atoms with Crippen LogP contribution in [0, 0.1) is 17.5 Å². The number of fused-ring (bicyclic) bond motifs is 1. The molecule has 1 aliphatic rings. The molecule has 0 saturated heterocycles. The van der Waals surface area contributed by atoms with Crippen molar-refractivity contribution in [3.05, 3.63) is 51.2 Å². The lowest BCUT2D eigenvalue weighted by atomic mass is 10.1. The van der Waals surface area contributed by atoms with Gasteiger partial charge < -0.3 is 4.98 Å². The fraction of sp³-hybridized carbons (Fsp3) is 0.231. The van der Waals surface area contributed by atoms with Crippen molar-refractivity contribution in [2.24, 2.45) is 0 Å². The summed E-state index contributed by atoms with van der Waals surface area (Å²) in [7, 11) is 0. The molecule has 0 unspecified atom stereocenters. The van der Waals surface area contributed by atoms with E-state index in [4.69, 9.17) is 0 Å². The topological polar surface area (TPSA) is 45.8 Å². The molecule has 2 aromatic rings. The second-order valence-electron chi connectivity index (χ2n) is 4.45. The van der Waals surface area contributed by atoms with E-state index in [1.165, 1.54) is 0 Å². The summed E-state index contributed by atoms with van der Waals surface area (Å²) in [5, 5.41) is 0. The first-order valence-electron chi connectivity index (χ1n) is 5.83. The number of hydrogen-bond donors (Lipinski definition) is 1. The number of rotatable bonds is 1. The number of aryl methyl sites for hydroxylation is 1. The van der Waals surface area contributed by atoms with Gasteiger partial charge in [0.25, 0.3) is 5.56 Å². The molecule has 0 fully saturated rings.